The number of imidazole rings is 1. The number of amides is 1. The van der Waals surface area contributed by atoms with Crippen LogP contribution in [0.4, 0.5) is 0 Å². The number of hydrogen-bond donors (Lipinski definition) is 1. The molecule has 6 heteroatoms. The van der Waals surface area contributed by atoms with Crippen LogP contribution in [-0.4, -0.2) is 44.7 Å². The molecule has 1 saturated heterocycles. The van der Waals surface area contributed by atoms with Gasteiger partial charge in [0.2, 0.25) is 5.91 Å². The summed E-state index contributed by atoms with van der Waals surface area (Å²) in [4.78, 5) is 19.8. The highest BCUT2D eigenvalue weighted by Gasteiger charge is 2.32. The summed E-state index contributed by atoms with van der Waals surface area (Å²) in [5, 5.41) is 12.6. The Morgan fingerprint density at radius 1 is 1.50 bits per heavy atom. The van der Waals surface area contributed by atoms with Crippen molar-refractivity contribution in [2.45, 2.75) is 51.7 Å². The summed E-state index contributed by atoms with van der Waals surface area (Å²) in [5.41, 5.74) is 1.25. The number of aliphatic hydroxyl groups excluding tert-OH is 1. The maximum absolute atomic E-state index is 12.5. The number of aliphatic hydroxyl groups is 1. The fraction of sp³-hybridized carbons (Fsp3) is 0.556. The summed E-state index contributed by atoms with van der Waals surface area (Å²) in [6, 6.07) is 2.10. The highest BCUT2D eigenvalue weighted by molar-refractivity contribution is 7.10. The SMILES string of the molecule is CCc1nccn1CCC(=O)N1CC[C@@H](c2sccc2C)[C@H](O)C1. The minimum atomic E-state index is -0.473. The van der Waals surface area contributed by atoms with Gasteiger partial charge in [0.25, 0.3) is 0 Å². The minimum absolute atomic E-state index is 0.117. The van der Waals surface area contributed by atoms with E-state index in [1.54, 1.807) is 17.5 Å². The quantitative estimate of drug-likeness (QED) is 0.904. The number of rotatable bonds is 5. The molecule has 2 atom stereocenters. The van der Waals surface area contributed by atoms with Crippen LogP contribution in [-0.2, 0) is 17.8 Å². The second-order valence-corrected chi connectivity index (χ2v) is 7.36. The smallest absolute Gasteiger partial charge is 0.224 e. The van der Waals surface area contributed by atoms with Crippen LogP contribution in [0.5, 0.6) is 0 Å². The van der Waals surface area contributed by atoms with Crippen LogP contribution < -0.4 is 0 Å². The normalized spacial score (nSPS) is 21.2. The highest BCUT2D eigenvalue weighted by atomic mass is 32.1. The van der Waals surface area contributed by atoms with Crippen molar-refractivity contribution in [3.63, 3.8) is 0 Å². The summed E-state index contributed by atoms with van der Waals surface area (Å²) < 4.78 is 2.04. The lowest BCUT2D eigenvalue weighted by Crippen LogP contribution is -2.45. The van der Waals surface area contributed by atoms with Gasteiger partial charge in [-0.25, -0.2) is 4.98 Å². The molecule has 0 aromatic carbocycles. The van der Waals surface area contributed by atoms with Gasteiger partial charge in [0, 0.05) is 55.7 Å². The van der Waals surface area contributed by atoms with Crippen molar-refractivity contribution in [2.75, 3.05) is 13.1 Å². The van der Waals surface area contributed by atoms with E-state index in [0.29, 0.717) is 19.5 Å². The Bertz CT molecular complexity index is 694. The molecular formula is C18H25N3O2S. The predicted octanol–water partition coefficient (Wildman–Crippen LogP) is 2.58. The Labute approximate surface area is 146 Å². The monoisotopic (exact) mass is 347 g/mol. The molecule has 2 aromatic rings. The summed E-state index contributed by atoms with van der Waals surface area (Å²) in [6.45, 7) is 5.97. The molecule has 24 heavy (non-hydrogen) atoms. The first-order valence-electron chi connectivity index (χ1n) is 8.60. The van der Waals surface area contributed by atoms with E-state index in [1.165, 1.54) is 10.4 Å². The Hall–Kier alpha value is -1.66. The van der Waals surface area contributed by atoms with Crippen molar-refractivity contribution in [1.29, 1.82) is 0 Å². The van der Waals surface area contributed by atoms with Gasteiger partial charge in [-0.15, -0.1) is 11.3 Å². The van der Waals surface area contributed by atoms with Crippen molar-refractivity contribution >= 4 is 17.2 Å². The number of carbonyl (C=O) groups is 1. The van der Waals surface area contributed by atoms with E-state index in [4.69, 9.17) is 0 Å². The maximum Gasteiger partial charge on any atom is 0.224 e. The number of hydrogen-bond acceptors (Lipinski definition) is 4. The lowest BCUT2D eigenvalue weighted by molar-refractivity contribution is -0.134. The largest absolute Gasteiger partial charge is 0.391 e. The second-order valence-electron chi connectivity index (χ2n) is 6.41. The van der Waals surface area contributed by atoms with Gasteiger partial charge < -0.3 is 14.6 Å². The third-order valence-corrected chi connectivity index (χ3v) is 6.01. The first kappa shape index (κ1) is 17.2. The highest BCUT2D eigenvalue weighted by Crippen LogP contribution is 2.34. The molecule has 0 saturated carbocycles. The zero-order valence-electron chi connectivity index (χ0n) is 14.3. The number of nitrogens with zero attached hydrogens (tertiary/aromatic N) is 3. The van der Waals surface area contributed by atoms with Crippen LogP contribution in [0.15, 0.2) is 23.8 Å². The summed E-state index contributed by atoms with van der Waals surface area (Å²) in [5.74, 6) is 1.29. The average Bonchev–Trinajstić information content (AvgIpc) is 3.21. The predicted molar refractivity (Wildman–Crippen MR) is 95.2 cm³/mol. The topological polar surface area (TPSA) is 58.4 Å². The number of aromatic nitrogens is 2. The third kappa shape index (κ3) is 3.54. The van der Waals surface area contributed by atoms with Gasteiger partial charge in [-0.2, -0.15) is 0 Å². The standard InChI is InChI=1S/C18H25N3O2S/c1-3-16-19-7-10-20(16)9-5-17(23)21-8-4-14(15(22)12-21)18-13(2)6-11-24-18/h6-7,10-11,14-15,22H,3-5,8-9,12H2,1-2H3/t14-,15-/m1/s1. The third-order valence-electron chi connectivity index (χ3n) is 4.86. The van der Waals surface area contributed by atoms with Crippen molar-refractivity contribution in [2.24, 2.45) is 0 Å². The molecular weight excluding hydrogens is 322 g/mol. The van der Waals surface area contributed by atoms with E-state index in [0.717, 1.165) is 25.2 Å². The molecule has 0 spiro atoms. The molecule has 1 N–H and O–H groups in total. The van der Waals surface area contributed by atoms with Gasteiger partial charge in [-0.1, -0.05) is 6.92 Å². The molecule has 0 aliphatic carbocycles. The second kappa shape index (κ2) is 7.49. The van der Waals surface area contributed by atoms with Gasteiger partial charge in [0.15, 0.2) is 0 Å². The summed E-state index contributed by atoms with van der Waals surface area (Å²) in [6.07, 6.45) is 5.39. The number of thiophene rings is 1. The molecule has 5 nitrogen and oxygen atoms in total. The van der Waals surface area contributed by atoms with Crippen LogP contribution in [0.1, 0.15) is 41.9 Å². The molecule has 1 aliphatic rings. The number of aryl methyl sites for hydroxylation is 3. The molecule has 1 fully saturated rings. The summed E-state index contributed by atoms with van der Waals surface area (Å²) in [7, 11) is 0. The zero-order chi connectivity index (χ0) is 17.1. The lowest BCUT2D eigenvalue weighted by atomic mass is 9.90. The Balaban J connectivity index is 1.55. The number of β-amino-alcohol motifs (C(OH)–C–C–N with tert-alkyl or cyclic N) is 1. The lowest BCUT2D eigenvalue weighted by Gasteiger charge is -2.36. The molecule has 0 bridgehead atoms. The van der Waals surface area contributed by atoms with Crippen molar-refractivity contribution in [1.82, 2.24) is 14.5 Å². The van der Waals surface area contributed by atoms with E-state index < -0.39 is 6.10 Å². The first-order valence-corrected chi connectivity index (χ1v) is 9.48. The van der Waals surface area contributed by atoms with Crippen LogP contribution in [0.2, 0.25) is 0 Å². The number of piperidine rings is 1. The zero-order valence-corrected chi connectivity index (χ0v) is 15.1. The molecule has 0 radical (unpaired) electrons. The van der Waals surface area contributed by atoms with E-state index >= 15 is 0 Å². The first-order chi connectivity index (χ1) is 11.6. The summed E-state index contributed by atoms with van der Waals surface area (Å²) >= 11 is 1.71. The molecule has 1 aliphatic heterocycles. The minimum Gasteiger partial charge on any atom is -0.391 e. The van der Waals surface area contributed by atoms with Crippen LogP contribution in [0.25, 0.3) is 0 Å². The molecule has 1 amide bonds. The molecule has 3 rings (SSSR count). The Kier molecular flexibility index (Phi) is 5.36. The fourth-order valence-corrected chi connectivity index (χ4v) is 4.58. The van der Waals surface area contributed by atoms with Gasteiger partial charge in [-0.05, 0) is 30.4 Å². The average molecular weight is 347 g/mol. The van der Waals surface area contributed by atoms with Crippen LogP contribution in [0, 0.1) is 6.92 Å². The van der Waals surface area contributed by atoms with Crippen molar-refractivity contribution in [3.05, 3.63) is 40.1 Å². The number of likely N-dealkylation sites (tertiary alicyclic amines) is 1. The van der Waals surface area contributed by atoms with E-state index in [1.807, 2.05) is 15.7 Å². The van der Waals surface area contributed by atoms with Crippen LogP contribution >= 0.6 is 11.3 Å². The van der Waals surface area contributed by atoms with Crippen molar-refractivity contribution in [3.8, 4) is 0 Å². The van der Waals surface area contributed by atoms with E-state index in [9.17, 15) is 9.90 Å². The van der Waals surface area contributed by atoms with Crippen molar-refractivity contribution < 1.29 is 9.90 Å². The molecule has 3 heterocycles. The molecule has 130 valence electrons. The maximum atomic E-state index is 12.5. The number of carbonyl (C=O) groups excluding carboxylic acids is 1. The Morgan fingerprint density at radius 3 is 3.00 bits per heavy atom. The molecule has 0 unspecified atom stereocenters. The van der Waals surface area contributed by atoms with Gasteiger partial charge in [0.1, 0.15) is 5.82 Å². The molecule has 2 aromatic heterocycles. The van der Waals surface area contributed by atoms with Gasteiger partial charge >= 0.3 is 0 Å². The van der Waals surface area contributed by atoms with Gasteiger partial charge in [-0.3, -0.25) is 4.79 Å². The Morgan fingerprint density at radius 2 is 2.33 bits per heavy atom. The van der Waals surface area contributed by atoms with E-state index in [2.05, 4.69) is 30.3 Å². The van der Waals surface area contributed by atoms with E-state index in [-0.39, 0.29) is 11.8 Å². The fourth-order valence-electron chi connectivity index (χ4n) is 3.46. The van der Waals surface area contributed by atoms with Crippen LogP contribution in [0.3, 0.4) is 0 Å². The van der Waals surface area contributed by atoms with Gasteiger partial charge in [0.05, 0.1) is 6.10 Å².